The van der Waals surface area contributed by atoms with Crippen LogP contribution < -0.4 is 4.90 Å². The molecule has 0 saturated heterocycles. The van der Waals surface area contributed by atoms with Crippen molar-refractivity contribution < 1.29 is 4.42 Å². The summed E-state index contributed by atoms with van der Waals surface area (Å²) in [6, 6.07) is 18.7. The second-order valence-corrected chi connectivity index (χ2v) is 5.28. The van der Waals surface area contributed by atoms with Gasteiger partial charge in [-0.3, -0.25) is 0 Å². The maximum absolute atomic E-state index is 5.92. The Bertz CT molecular complexity index is 777. The highest BCUT2D eigenvalue weighted by molar-refractivity contribution is 5.78. The Morgan fingerprint density at radius 2 is 1.76 bits per heavy atom. The summed E-state index contributed by atoms with van der Waals surface area (Å²) in [5, 5.41) is 0. The maximum Gasteiger partial charge on any atom is 0.228 e. The highest BCUT2D eigenvalue weighted by Crippen LogP contribution is 2.40. The standard InChI is InChI=1S/C18H16N2O/c1-13-19-17(15-8-3-2-4-9-15)18(21-13)20-12-11-14-7-5-6-10-16(14)20/h2-10H,11-12H2,1H3. The number of hydrogen-bond acceptors (Lipinski definition) is 3. The molecule has 0 radical (unpaired) electrons. The summed E-state index contributed by atoms with van der Waals surface area (Å²) in [5.41, 5.74) is 4.61. The number of oxazole rings is 1. The molecular formula is C18H16N2O. The van der Waals surface area contributed by atoms with Crippen LogP contribution in [0.1, 0.15) is 11.5 Å². The van der Waals surface area contributed by atoms with E-state index in [0.717, 1.165) is 30.1 Å². The van der Waals surface area contributed by atoms with Crippen molar-refractivity contribution in [3.63, 3.8) is 0 Å². The van der Waals surface area contributed by atoms with Crippen molar-refractivity contribution in [1.82, 2.24) is 4.98 Å². The van der Waals surface area contributed by atoms with E-state index in [1.807, 2.05) is 25.1 Å². The molecular weight excluding hydrogens is 260 g/mol. The summed E-state index contributed by atoms with van der Waals surface area (Å²) >= 11 is 0. The summed E-state index contributed by atoms with van der Waals surface area (Å²) in [4.78, 5) is 6.82. The SMILES string of the molecule is Cc1nc(-c2ccccc2)c(N2CCc3ccccc32)o1. The van der Waals surface area contributed by atoms with Crippen molar-refractivity contribution in [2.24, 2.45) is 0 Å². The van der Waals surface area contributed by atoms with Gasteiger partial charge in [0.1, 0.15) is 5.69 Å². The van der Waals surface area contributed by atoms with Gasteiger partial charge in [0.2, 0.25) is 5.88 Å². The Kier molecular flexibility index (Phi) is 2.78. The van der Waals surface area contributed by atoms with Gasteiger partial charge in [-0.05, 0) is 18.1 Å². The van der Waals surface area contributed by atoms with Crippen LogP contribution in [0.5, 0.6) is 0 Å². The Morgan fingerprint density at radius 3 is 2.62 bits per heavy atom. The normalized spacial score (nSPS) is 13.5. The molecule has 104 valence electrons. The summed E-state index contributed by atoms with van der Waals surface area (Å²) in [7, 11) is 0. The predicted octanol–water partition coefficient (Wildman–Crippen LogP) is 4.34. The lowest BCUT2D eigenvalue weighted by molar-refractivity contribution is 0.522. The third-order valence-electron chi connectivity index (χ3n) is 3.90. The van der Waals surface area contributed by atoms with Crippen LogP contribution in [0.2, 0.25) is 0 Å². The number of para-hydroxylation sites is 1. The molecule has 0 spiro atoms. The first-order valence-electron chi connectivity index (χ1n) is 7.21. The third kappa shape index (κ3) is 2.02. The van der Waals surface area contributed by atoms with Crippen LogP contribution in [-0.4, -0.2) is 11.5 Å². The zero-order chi connectivity index (χ0) is 14.2. The number of nitrogens with zero attached hydrogens (tertiary/aromatic N) is 2. The molecule has 3 heteroatoms. The summed E-state index contributed by atoms with van der Waals surface area (Å²) < 4.78 is 5.92. The molecule has 3 nitrogen and oxygen atoms in total. The van der Waals surface area contributed by atoms with Gasteiger partial charge in [0.05, 0.1) is 0 Å². The second kappa shape index (κ2) is 4.77. The van der Waals surface area contributed by atoms with Crippen LogP contribution in [-0.2, 0) is 6.42 Å². The molecule has 2 heterocycles. The molecule has 1 aliphatic heterocycles. The number of fused-ring (bicyclic) bond motifs is 1. The first-order valence-corrected chi connectivity index (χ1v) is 7.21. The van der Waals surface area contributed by atoms with Crippen LogP contribution in [0.4, 0.5) is 11.6 Å². The Balaban J connectivity index is 1.84. The van der Waals surface area contributed by atoms with Gasteiger partial charge >= 0.3 is 0 Å². The van der Waals surface area contributed by atoms with Gasteiger partial charge in [-0.25, -0.2) is 4.98 Å². The van der Waals surface area contributed by atoms with Crippen LogP contribution in [0.15, 0.2) is 59.0 Å². The van der Waals surface area contributed by atoms with Crippen molar-refractivity contribution in [1.29, 1.82) is 0 Å². The highest BCUT2D eigenvalue weighted by Gasteiger charge is 2.26. The minimum absolute atomic E-state index is 0.702. The lowest BCUT2D eigenvalue weighted by Gasteiger charge is -2.17. The van der Waals surface area contributed by atoms with Crippen molar-refractivity contribution in [2.45, 2.75) is 13.3 Å². The Hall–Kier alpha value is -2.55. The molecule has 0 N–H and O–H groups in total. The number of benzene rings is 2. The van der Waals surface area contributed by atoms with Gasteiger partial charge in [-0.1, -0.05) is 48.5 Å². The molecule has 0 aliphatic carbocycles. The average Bonchev–Trinajstić information content (AvgIpc) is 3.11. The zero-order valence-electron chi connectivity index (χ0n) is 11.9. The molecule has 1 aromatic heterocycles. The van der Waals surface area contributed by atoms with Crippen molar-refractivity contribution in [3.05, 3.63) is 66.1 Å². The van der Waals surface area contributed by atoms with Gasteiger partial charge in [-0.15, -0.1) is 0 Å². The molecule has 0 bridgehead atoms. The predicted molar refractivity (Wildman–Crippen MR) is 83.8 cm³/mol. The summed E-state index contributed by atoms with van der Waals surface area (Å²) in [6.07, 6.45) is 1.05. The number of rotatable bonds is 2. The molecule has 2 aromatic carbocycles. The van der Waals surface area contributed by atoms with Gasteiger partial charge in [0.25, 0.3) is 0 Å². The van der Waals surface area contributed by atoms with E-state index >= 15 is 0 Å². The molecule has 4 rings (SSSR count). The quantitative estimate of drug-likeness (QED) is 0.697. The molecule has 0 amide bonds. The minimum atomic E-state index is 0.702. The van der Waals surface area contributed by atoms with Crippen LogP contribution >= 0.6 is 0 Å². The van der Waals surface area contributed by atoms with Crippen LogP contribution in [0.3, 0.4) is 0 Å². The first-order chi connectivity index (χ1) is 10.3. The number of aromatic nitrogens is 1. The van der Waals surface area contributed by atoms with E-state index in [2.05, 4.69) is 46.3 Å². The summed E-state index contributed by atoms with van der Waals surface area (Å²) in [6.45, 7) is 2.84. The van der Waals surface area contributed by atoms with E-state index in [4.69, 9.17) is 4.42 Å². The minimum Gasteiger partial charge on any atom is -0.424 e. The monoisotopic (exact) mass is 276 g/mol. The molecule has 0 atom stereocenters. The Morgan fingerprint density at radius 1 is 1.00 bits per heavy atom. The highest BCUT2D eigenvalue weighted by atomic mass is 16.4. The topological polar surface area (TPSA) is 29.3 Å². The molecule has 21 heavy (non-hydrogen) atoms. The van der Waals surface area contributed by atoms with Crippen LogP contribution in [0.25, 0.3) is 11.3 Å². The van der Waals surface area contributed by atoms with Gasteiger partial charge in [-0.2, -0.15) is 0 Å². The van der Waals surface area contributed by atoms with Crippen molar-refractivity contribution in [3.8, 4) is 11.3 Å². The fourth-order valence-electron chi connectivity index (χ4n) is 2.93. The van der Waals surface area contributed by atoms with Gasteiger partial charge in [0.15, 0.2) is 5.89 Å². The van der Waals surface area contributed by atoms with E-state index in [0.29, 0.717) is 5.89 Å². The van der Waals surface area contributed by atoms with Crippen LogP contribution in [0, 0.1) is 6.92 Å². The molecule has 0 unspecified atom stereocenters. The molecule has 0 saturated carbocycles. The average molecular weight is 276 g/mol. The fraction of sp³-hybridized carbons (Fsp3) is 0.167. The van der Waals surface area contributed by atoms with Crippen molar-refractivity contribution >= 4 is 11.6 Å². The van der Waals surface area contributed by atoms with Gasteiger partial charge in [0, 0.05) is 24.7 Å². The number of anilines is 2. The molecule has 1 aliphatic rings. The second-order valence-electron chi connectivity index (χ2n) is 5.28. The van der Waals surface area contributed by atoms with E-state index in [9.17, 15) is 0 Å². The van der Waals surface area contributed by atoms with E-state index in [1.165, 1.54) is 11.3 Å². The lowest BCUT2D eigenvalue weighted by atomic mass is 10.1. The smallest absolute Gasteiger partial charge is 0.228 e. The Labute approximate surface area is 123 Å². The molecule has 0 fully saturated rings. The van der Waals surface area contributed by atoms with E-state index < -0.39 is 0 Å². The molecule has 3 aromatic rings. The first kappa shape index (κ1) is 12.2. The number of aryl methyl sites for hydroxylation is 1. The largest absolute Gasteiger partial charge is 0.424 e. The fourth-order valence-corrected chi connectivity index (χ4v) is 2.93. The zero-order valence-corrected chi connectivity index (χ0v) is 11.9. The van der Waals surface area contributed by atoms with E-state index in [1.54, 1.807) is 0 Å². The van der Waals surface area contributed by atoms with Gasteiger partial charge < -0.3 is 9.32 Å². The van der Waals surface area contributed by atoms with Crippen molar-refractivity contribution in [2.75, 3.05) is 11.4 Å². The maximum atomic E-state index is 5.92. The summed E-state index contributed by atoms with van der Waals surface area (Å²) in [5.74, 6) is 1.55. The lowest BCUT2D eigenvalue weighted by Crippen LogP contribution is -2.13. The van der Waals surface area contributed by atoms with E-state index in [-0.39, 0.29) is 0 Å². The number of hydrogen-bond donors (Lipinski definition) is 0. The third-order valence-corrected chi connectivity index (χ3v) is 3.90.